The number of hydrogen-bond acceptors (Lipinski definition) is 4. The lowest BCUT2D eigenvalue weighted by atomic mass is 10.2. The van der Waals surface area contributed by atoms with Gasteiger partial charge in [0.1, 0.15) is 16.4 Å². The summed E-state index contributed by atoms with van der Waals surface area (Å²) in [6, 6.07) is 0. The zero-order valence-electron chi connectivity index (χ0n) is 12.2. The van der Waals surface area contributed by atoms with Crippen LogP contribution in [0.2, 0.25) is 0 Å². The molecule has 1 aromatic rings. The van der Waals surface area contributed by atoms with Gasteiger partial charge in [0, 0.05) is 25.7 Å². The van der Waals surface area contributed by atoms with Crippen molar-refractivity contribution >= 4 is 10.0 Å². The predicted molar refractivity (Wildman–Crippen MR) is 75.4 cm³/mol. The molecule has 0 amide bonds. The van der Waals surface area contributed by atoms with Gasteiger partial charge in [0.15, 0.2) is 0 Å². The average Bonchev–Trinajstić information content (AvgIpc) is 2.64. The highest BCUT2D eigenvalue weighted by molar-refractivity contribution is 7.89. The van der Waals surface area contributed by atoms with Gasteiger partial charge in [-0.3, -0.25) is 0 Å². The maximum Gasteiger partial charge on any atom is 0.246 e. The first-order valence-electron chi connectivity index (χ1n) is 6.61. The normalized spacial score (nSPS) is 12.3. The Morgan fingerprint density at radius 2 is 1.84 bits per heavy atom. The number of furan rings is 1. The van der Waals surface area contributed by atoms with E-state index in [-0.39, 0.29) is 11.4 Å². The number of nitrogens with two attached hydrogens (primary N) is 1. The van der Waals surface area contributed by atoms with E-state index < -0.39 is 10.0 Å². The van der Waals surface area contributed by atoms with Gasteiger partial charge in [0.2, 0.25) is 10.0 Å². The van der Waals surface area contributed by atoms with Crippen LogP contribution in [0.3, 0.4) is 0 Å². The molecule has 2 N–H and O–H groups in total. The Morgan fingerprint density at radius 3 is 2.37 bits per heavy atom. The van der Waals surface area contributed by atoms with Crippen LogP contribution in [0.4, 0.5) is 0 Å². The minimum Gasteiger partial charge on any atom is -0.465 e. The number of unbranched alkanes of at least 4 members (excludes halogenated alkanes) is 2. The van der Waals surface area contributed by atoms with E-state index >= 15 is 0 Å². The van der Waals surface area contributed by atoms with Crippen LogP contribution in [0.1, 0.15) is 43.3 Å². The van der Waals surface area contributed by atoms with E-state index in [4.69, 9.17) is 10.2 Å². The Morgan fingerprint density at radius 1 is 1.21 bits per heavy atom. The van der Waals surface area contributed by atoms with Crippen LogP contribution in [0, 0.1) is 13.8 Å². The smallest absolute Gasteiger partial charge is 0.246 e. The van der Waals surface area contributed by atoms with Crippen molar-refractivity contribution in [3.05, 3.63) is 17.1 Å². The highest BCUT2D eigenvalue weighted by Crippen LogP contribution is 2.28. The third-order valence-corrected chi connectivity index (χ3v) is 5.33. The molecular weight excluding hydrogens is 264 g/mol. The quantitative estimate of drug-likeness (QED) is 0.780. The molecule has 19 heavy (non-hydrogen) atoms. The number of aryl methyl sites for hydroxylation is 2. The minimum absolute atomic E-state index is 0.167. The van der Waals surface area contributed by atoms with E-state index in [2.05, 4.69) is 6.92 Å². The molecular formula is C13H24N2O3S. The Balaban J connectivity index is 3.06. The zero-order chi connectivity index (χ0) is 14.6. The highest BCUT2D eigenvalue weighted by Gasteiger charge is 2.29. The summed E-state index contributed by atoms with van der Waals surface area (Å²) in [6.07, 6.45) is 2.94. The van der Waals surface area contributed by atoms with Crippen LogP contribution >= 0.6 is 0 Å². The van der Waals surface area contributed by atoms with E-state index in [1.165, 1.54) is 4.31 Å². The zero-order valence-corrected chi connectivity index (χ0v) is 13.0. The maximum atomic E-state index is 12.6. The van der Waals surface area contributed by atoms with Crippen LogP contribution in [0.15, 0.2) is 9.31 Å². The van der Waals surface area contributed by atoms with E-state index in [0.29, 0.717) is 23.6 Å². The Labute approximate surface area is 115 Å². The van der Waals surface area contributed by atoms with Crippen molar-refractivity contribution in [3.63, 3.8) is 0 Å². The molecule has 0 aromatic carbocycles. The van der Waals surface area contributed by atoms with Gasteiger partial charge < -0.3 is 10.2 Å². The summed E-state index contributed by atoms with van der Waals surface area (Å²) < 4.78 is 31.9. The summed E-state index contributed by atoms with van der Waals surface area (Å²) >= 11 is 0. The van der Waals surface area contributed by atoms with Crippen LogP contribution in [0.5, 0.6) is 0 Å². The fourth-order valence-electron chi connectivity index (χ4n) is 2.14. The molecule has 6 heteroatoms. The van der Waals surface area contributed by atoms with E-state index in [1.54, 1.807) is 20.9 Å². The molecule has 0 aliphatic carbocycles. The Kier molecular flexibility index (Phi) is 5.58. The van der Waals surface area contributed by atoms with Gasteiger partial charge >= 0.3 is 0 Å². The number of rotatable bonds is 7. The molecule has 110 valence electrons. The Hall–Kier alpha value is -0.850. The van der Waals surface area contributed by atoms with Crippen molar-refractivity contribution in [2.75, 3.05) is 13.6 Å². The van der Waals surface area contributed by atoms with Gasteiger partial charge in [-0.05, 0) is 20.3 Å². The van der Waals surface area contributed by atoms with E-state index in [1.807, 2.05) is 0 Å². The molecule has 0 spiro atoms. The molecule has 0 aliphatic rings. The average molecular weight is 288 g/mol. The molecule has 0 aliphatic heterocycles. The summed E-state index contributed by atoms with van der Waals surface area (Å²) in [4.78, 5) is 0.242. The molecule has 1 aromatic heterocycles. The monoisotopic (exact) mass is 288 g/mol. The fourth-order valence-corrected chi connectivity index (χ4v) is 3.77. The van der Waals surface area contributed by atoms with Gasteiger partial charge in [-0.15, -0.1) is 0 Å². The molecule has 5 nitrogen and oxygen atoms in total. The standard InChI is InChI=1S/C13H24N2O3S/c1-5-6-7-8-15(4)19(16,17)13-11(3)18-10(2)12(13)9-14/h5-9,14H2,1-4H3. The second kappa shape index (κ2) is 6.54. The molecule has 0 saturated carbocycles. The van der Waals surface area contributed by atoms with Crippen molar-refractivity contribution in [3.8, 4) is 0 Å². The first kappa shape index (κ1) is 16.2. The first-order valence-corrected chi connectivity index (χ1v) is 8.05. The SMILES string of the molecule is CCCCCN(C)S(=O)(=O)c1c(C)oc(C)c1CN. The van der Waals surface area contributed by atoms with Gasteiger partial charge in [0.25, 0.3) is 0 Å². The lowest BCUT2D eigenvalue weighted by molar-refractivity contribution is 0.449. The van der Waals surface area contributed by atoms with Crippen LogP contribution in [0.25, 0.3) is 0 Å². The summed E-state index contributed by atoms with van der Waals surface area (Å²) in [5.41, 5.74) is 6.22. The number of hydrogen-bond donors (Lipinski definition) is 1. The summed E-state index contributed by atoms with van der Waals surface area (Å²) in [5, 5.41) is 0. The Bertz CT molecular complexity index is 520. The third kappa shape index (κ3) is 3.38. The molecule has 0 fully saturated rings. The van der Waals surface area contributed by atoms with Gasteiger partial charge in [0.05, 0.1) is 0 Å². The van der Waals surface area contributed by atoms with Crippen LogP contribution < -0.4 is 5.73 Å². The summed E-state index contributed by atoms with van der Waals surface area (Å²) in [7, 11) is -1.91. The molecule has 0 unspecified atom stereocenters. The highest BCUT2D eigenvalue weighted by atomic mass is 32.2. The predicted octanol–water partition coefficient (Wildman–Crippen LogP) is 2.17. The van der Waals surface area contributed by atoms with Gasteiger partial charge in [-0.2, -0.15) is 0 Å². The molecule has 0 saturated heterocycles. The largest absolute Gasteiger partial charge is 0.465 e. The second-order valence-corrected chi connectivity index (χ2v) is 6.74. The van der Waals surface area contributed by atoms with Gasteiger partial charge in [-0.25, -0.2) is 12.7 Å². The van der Waals surface area contributed by atoms with Gasteiger partial charge in [-0.1, -0.05) is 19.8 Å². The molecule has 0 bridgehead atoms. The van der Waals surface area contributed by atoms with Crippen molar-refractivity contribution < 1.29 is 12.8 Å². The molecule has 1 rings (SSSR count). The fraction of sp³-hybridized carbons (Fsp3) is 0.692. The minimum atomic E-state index is -3.51. The molecule has 0 atom stereocenters. The lowest BCUT2D eigenvalue weighted by Crippen LogP contribution is -2.29. The first-order chi connectivity index (χ1) is 8.86. The van der Waals surface area contributed by atoms with Crippen molar-refractivity contribution in [1.29, 1.82) is 0 Å². The third-order valence-electron chi connectivity index (χ3n) is 3.27. The van der Waals surface area contributed by atoms with E-state index in [0.717, 1.165) is 19.3 Å². The number of sulfonamides is 1. The van der Waals surface area contributed by atoms with Crippen molar-refractivity contribution in [2.45, 2.75) is 51.5 Å². The van der Waals surface area contributed by atoms with Crippen LogP contribution in [-0.2, 0) is 16.6 Å². The van der Waals surface area contributed by atoms with Crippen molar-refractivity contribution in [2.24, 2.45) is 5.73 Å². The molecule has 0 radical (unpaired) electrons. The summed E-state index contributed by atoms with van der Waals surface area (Å²) in [6.45, 7) is 6.18. The topological polar surface area (TPSA) is 76.5 Å². The van der Waals surface area contributed by atoms with Crippen molar-refractivity contribution in [1.82, 2.24) is 4.31 Å². The second-order valence-electron chi connectivity index (χ2n) is 4.76. The van der Waals surface area contributed by atoms with E-state index in [9.17, 15) is 8.42 Å². The number of nitrogens with zero attached hydrogens (tertiary/aromatic N) is 1. The lowest BCUT2D eigenvalue weighted by Gasteiger charge is -2.17. The maximum absolute atomic E-state index is 12.6. The van der Waals surface area contributed by atoms with Crippen LogP contribution in [-0.4, -0.2) is 26.3 Å². The molecule has 1 heterocycles. The summed E-state index contributed by atoms with van der Waals surface area (Å²) in [5.74, 6) is 1.00.